The SMILES string of the molecule is CC(=O)c1ccc(N2CC(O)CC2CN(C)C)cc1Br. The summed E-state index contributed by atoms with van der Waals surface area (Å²) in [4.78, 5) is 15.8. The average Bonchev–Trinajstić information content (AvgIpc) is 2.68. The van der Waals surface area contributed by atoms with Crippen LogP contribution in [0.15, 0.2) is 22.7 Å². The van der Waals surface area contributed by atoms with Crippen molar-refractivity contribution in [3.8, 4) is 0 Å². The molecule has 1 aliphatic rings. The number of ketones is 1. The molecule has 0 spiro atoms. The van der Waals surface area contributed by atoms with Gasteiger partial charge in [-0.3, -0.25) is 4.79 Å². The van der Waals surface area contributed by atoms with Crippen molar-refractivity contribution in [3.63, 3.8) is 0 Å². The summed E-state index contributed by atoms with van der Waals surface area (Å²) >= 11 is 3.46. The number of benzene rings is 1. The van der Waals surface area contributed by atoms with Crippen molar-refractivity contribution in [2.24, 2.45) is 0 Å². The fourth-order valence-electron chi connectivity index (χ4n) is 2.77. The number of Topliss-reactive ketones (excluding diaryl/α,β-unsaturated/α-hetero) is 1. The van der Waals surface area contributed by atoms with Crippen LogP contribution in [0.3, 0.4) is 0 Å². The lowest BCUT2D eigenvalue weighted by molar-refractivity contribution is 0.101. The number of β-amino-alcohol motifs (C(OH)–C–C–N with tert-alkyl or cyclic N) is 1. The van der Waals surface area contributed by atoms with Crippen molar-refractivity contribution < 1.29 is 9.90 Å². The van der Waals surface area contributed by atoms with Gasteiger partial charge in [-0.2, -0.15) is 0 Å². The van der Waals surface area contributed by atoms with Gasteiger partial charge in [0, 0.05) is 34.9 Å². The van der Waals surface area contributed by atoms with Gasteiger partial charge in [-0.05, 0) is 61.6 Å². The highest BCUT2D eigenvalue weighted by molar-refractivity contribution is 9.10. The summed E-state index contributed by atoms with van der Waals surface area (Å²) in [7, 11) is 4.08. The molecule has 1 aliphatic heterocycles. The fourth-order valence-corrected chi connectivity index (χ4v) is 3.42. The Balaban J connectivity index is 2.25. The first-order valence-electron chi connectivity index (χ1n) is 6.78. The van der Waals surface area contributed by atoms with E-state index in [1.165, 1.54) is 0 Å². The molecule has 2 atom stereocenters. The number of likely N-dealkylation sites (N-methyl/N-ethyl adjacent to an activating group) is 1. The van der Waals surface area contributed by atoms with Crippen molar-refractivity contribution in [2.75, 3.05) is 32.1 Å². The van der Waals surface area contributed by atoms with Crippen LogP contribution in [0.1, 0.15) is 23.7 Å². The largest absolute Gasteiger partial charge is 0.391 e. The number of aliphatic hydroxyl groups is 1. The number of nitrogens with zero attached hydrogens (tertiary/aromatic N) is 2. The van der Waals surface area contributed by atoms with E-state index in [2.05, 4.69) is 25.7 Å². The minimum absolute atomic E-state index is 0.0507. The molecular weight excluding hydrogens is 320 g/mol. The van der Waals surface area contributed by atoms with Crippen LogP contribution in [-0.4, -0.2) is 55.1 Å². The highest BCUT2D eigenvalue weighted by atomic mass is 79.9. The zero-order valence-corrected chi connectivity index (χ0v) is 13.7. The van der Waals surface area contributed by atoms with E-state index in [1.54, 1.807) is 6.92 Å². The van der Waals surface area contributed by atoms with Crippen LogP contribution < -0.4 is 4.90 Å². The van der Waals surface area contributed by atoms with Gasteiger partial charge in [-0.1, -0.05) is 0 Å². The molecule has 1 aromatic carbocycles. The van der Waals surface area contributed by atoms with E-state index in [9.17, 15) is 9.90 Å². The second-order valence-electron chi connectivity index (χ2n) is 5.68. The number of aliphatic hydroxyl groups excluding tert-OH is 1. The molecular formula is C15H21BrN2O2. The molecule has 4 nitrogen and oxygen atoms in total. The minimum Gasteiger partial charge on any atom is -0.391 e. The van der Waals surface area contributed by atoms with E-state index in [-0.39, 0.29) is 11.9 Å². The van der Waals surface area contributed by atoms with Crippen molar-refractivity contribution >= 4 is 27.4 Å². The molecule has 0 saturated carbocycles. The van der Waals surface area contributed by atoms with Gasteiger partial charge in [-0.15, -0.1) is 0 Å². The van der Waals surface area contributed by atoms with E-state index < -0.39 is 0 Å². The summed E-state index contributed by atoms with van der Waals surface area (Å²) in [5, 5.41) is 9.93. The topological polar surface area (TPSA) is 43.8 Å². The smallest absolute Gasteiger partial charge is 0.160 e. The van der Waals surface area contributed by atoms with Crippen LogP contribution in [0, 0.1) is 0 Å². The van der Waals surface area contributed by atoms with Crippen LogP contribution in [0.4, 0.5) is 5.69 Å². The zero-order chi connectivity index (χ0) is 14.9. The average molecular weight is 341 g/mol. The Labute approximate surface area is 128 Å². The van der Waals surface area contributed by atoms with Gasteiger partial charge in [0.05, 0.1) is 6.10 Å². The second-order valence-corrected chi connectivity index (χ2v) is 6.53. The van der Waals surface area contributed by atoms with Gasteiger partial charge in [0.2, 0.25) is 0 Å². The Morgan fingerprint density at radius 1 is 1.50 bits per heavy atom. The van der Waals surface area contributed by atoms with Gasteiger partial charge in [-0.25, -0.2) is 0 Å². The van der Waals surface area contributed by atoms with Crippen LogP contribution >= 0.6 is 15.9 Å². The number of hydrogen-bond acceptors (Lipinski definition) is 4. The maximum absolute atomic E-state index is 11.5. The first-order chi connectivity index (χ1) is 9.38. The first-order valence-corrected chi connectivity index (χ1v) is 7.57. The van der Waals surface area contributed by atoms with Crippen LogP contribution in [0.25, 0.3) is 0 Å². The third kappa shape index (κ3) is 3.40. The van der Waals surface area contributed by atoms with Gasteiger partial charge in [0.25, 0.3) is 0 Å². The standard InChI is InChI=1S/C15H21BrN2O2/c1-10(19)14-5-4-11(7-15(14)16)18-9-13(20)6-12(18)8-17(2)3/h4-5,7,12-13,20H,6,8-9H2,1-3H3. The van der Waals surface area contributed by atoms with Crippen LogP contribution in [-0.2, 0) is 0 Å². The Hall–Kier alpha value is -0.910. The Bertz CT molecular complexity index is 505. The maximum atomic E-state index is 11.5. The highest BCUT2D eigenvalue weighted by Crippen LogP contribution is 2.30. The number of halogens is 1. The molecule has 1 aromatic rings. The molecule has 5 heteroatoms. The van der Waals surface area contributed by atoms with E-state index >= 15 is 0 Å². The molecule has 20 heavy (non-hydrogen) atoms. The summed E-state index contributed by atoms with van der Waals surface area (Å²) in [5.74, 6) is 0.0507. The third-order valence-electron chi connectivity index (χ3n) is 3.63. The summed E-state index contributed by atoms with van der Waals surface area (Å²) in [6.07, 6.45) is 0.496. The molecule has 1 saturated heterocycles. The van der Waals surface area contributed by atoms with E-state index in [1.807, 2.05) is 32.3 Å². The molecule has 0 bridgehead atoms. The molecule has 1 heterocycles. The van der Waals surface area contributed by atoms with Crippen molar-refractivity contribution in [1.82, 2.24) is 4.90 Å². The van der Waals surface area contributed by atoms with E-state index in [0.29, 0.717) is 18.2 Å². The van der Waals surface area contributed by atoms with Crippen LogP contribution in [0.2, 0.25) is 0 Å². The number of rotatable bonds is 4. The summed E-state index contributed by atoms with van der Waals surface area (Å²) in [6.45, 7) is 3.11. The van der Waals surface area contributed by atoms with Gasteiger partial charge >= 0.3 is 0 Å². The summed E-state index contributed by atoms with van der Waals surface area (Å²) < 4.78 is 0.812. The molecule has 0 aromatic heterocycles. The predicted molar refractivity (Wildman–Crippen MR) is 84.5 cm³/mol. The lowest BCUT2D eigenvalue weighted by atomic mass is 10.1. The molecule has 0 aliphatic carbocycles. The van der Waals surface area contributed by atoms with Gasteiger partial charge in [0.1, 0.15) is 0 Å². The van der Waals surface area contributed by atoms with E-state index in [0.717, 1.165) is 23.1 Å². The Morgan fingerprint density at radius 3 is 2.75 bits per heavy atom. The van der Waals surface area contributed by atoms with Gasteiger partial charge in [0.15, 0.2) is 5.78 Å². The number of carbonyl (C=O) groups excluding carboxylic acids is 1. The number of anilines is 1. The van der Waals surface area contributed by atoms with Crippen molar-refractivity contribution in [2.45, 2.75) is 25.5 Å². The summed E-state index contributed by atoms with van der Waals surface area (Å²) in [6, 6.07) is 6.08. The van der Waals surface area contributed by atoms with Crippen LogP contribution in [0.5, 0.6) is 0 Å². The molecule has 110 valence electrons. The fraction of sp³-hybridized carbons (Fsp3) is 0.533. The first kappa shape index (κ1) is 15.5. The molecule has 2 unspecified atom stereocenters. The molecule has 0 radical (unpaired) electrons. The minimum atomic E-state index is -0.286. The third-order valence-corrected chi connectivity index (χ3v) is 4.29. The molecule has 2 rings (SSSR count). The number of hydrogen-bond donors (Lipinski definition) is 1. The normalized spacial score (nSPS) is 22.6. The molecule has 1 fully saturated rings. The zero-order valence-electron chi connectivity index (χ0n) is 12.1. The number of carbonyl (C=O) groups is 1. The lowest BCUT2D eigenvalue weighted by Gasteiger charge is -2.29. The molecule has 1 N–H and O–H groups in total. The Kier molecular flexibility index (Phi) is 4.83. The van der Waals surface area contributed by atoms with Crippen molar-refractivity contribution in [1.29, 1.82) is 0 Å². The maximum Gasteiger partial charge on any atom is 0.160 e. The van der Waals surface area contributed by atoms with E-state index in [4.69, 9.17) is 0 Å². The van der Waals surface area contributed by atoms with Gasteiger partial charge < -0.3 is 14.9 Å². The monoisotopic (exact) mass is 340 g/mol. The second kappa shape index (κ2) is 6.24. The lowest BCUT2D eigenvalue weighted by Crippen LogP contribution is -2.37. The van der Waals surface area contributed by atoms with Crippen molar-refractivity contribution in [3.05, 3.63) is 28.2 Å². The quantitative estimate of drug-likeness (QED) is 0.853. The Morgan fingerprint density at radius 2 is 2.20 bits per heavy atom. The summed E-state index contributed by atoms with van der Waals surface area (Å²) in [5.41, 5.74) is 1.74. The highest BCUT2D eigenvalue weighted by Gasteiger charge is 2.31. The molecule has 0 amide bonds. The predicted octanol–water partition coefficient (Wildman–Crippen LogP) is 2.15.